The molecule has 0 atom stereocenters. The van der Waals surface area contributed by atoms with Crippen molar-refractivity contribution in [3.05, 3.63) is 95.3 Å². The van der Waals surface area contributed by atoms with Gasteiger partial charge in [-0.05, 0) is 40.5 Å². The summed E-state index contributed by atoms with van der Waals surface area (Å²) < 4.78 is 5.48. The third-order valence-corrected chi connectivity index (χ3v) is 4.91. The monoisotopic (exact) mass is 384 g/mol. The molecule has 0 unspecified atom stereocenters. The minimum Gasteiger partial charge on any atom is -0.449 e. The summed E-state index contributed by atoms with van der Waals surface area (Å²) in [5.74, 6) is 0.0407. The van der Waals surface area contributed by atoms with Crippen LogP contribution in [0.5, 0.6) is 0 Å². The molecule has 5 nitrogen and oxygen atoms in total. The van der Waals surface area contributed by atoms with Crippen molar-refractivity contribution in [2.24, 2.45) is 0 Å². The van der Waals surface area contributed by atoms with E-state index in [-0.39, 0.29) is 12.5 Å². The van der Waals surface area contributed by atoms with Gasteiger partial charge < -0.3 is 10.1 Å². The number of fused-ring (bicyclic) bond motifs is 3. The largest absolute Gasteiger partial charge is 0.449 e. The SMILES string of the molecule is O=Cc1cccc(C=CCNC(=O)OCC2c3ccccc3-c3ccccc32)n1. The van der Waals surface area contributed by atoms with Crippen LogP contribution in [0.15, 0.2) is 72.8 Å². The molecule has 5 heteroatoms. The van der Waals surface area contributed by atoms with Gasteiger partial charge >= 0.3 is 6.09 Å². The van der Waals surface area contributed by atoms with Crippen molar-refractivity contribution >= 4 is 18.5 Å². The molecule has 0 spiro atoms. The van der Waals surface area contributed by atoms with E-state index in [1.807, 2.05) is 24.3 Å². The van der Waals surface area contributed by atoms with E-state index in [0.29, 0.717) is 24.2 Å². The second-order valence-electron chi connectivity index (χ2n) is 6.71. The first-order valence-electron chi connectivity index (χ1n) is 9.44. The van der Waals surface area contributed by atoms with E-state index in [1.54, 1.807) is 30.4 Å². The van der Waals surface area contributed by atoms with E-state index < -0.39 is 6.09 Å². The number of carbonyl (C=O) groups is 2. The van der Waals surface area contributed by atoms with E-state index in [4.69, 9.17) is 4.74 Å². The highest BCUT2D eigenvalue weighted by Crippen LogP contribution is 2.44. The zero-order valence-corrected chi connectivity index (χ0v) is 15.7. The van der Waals surface area contributed by atoms with Crippen molar-refractivity contribution in [2.75, 3.05) is 13.2 Å². The molecule has 0 saturated heterocycles. The molecule has 1 aliphatic rings. The Balaban J connectivity index is 1.33. The Labute approximate surface area is 169 Å². The van der Waals surface area contributed by atoms with E-state index in [0.717, 1.165) is 0 Å². The average molecular weight is 384 g/mol. The molecule has 2 aromatic carbocycles. The highest BCUT2D eigenvalue weighted by molar-refractivity contribution is 5.79. The minimum absolute atomic E-state index is 0.0407. The smallest absolute Gasteiger partial charge is 0.407 e. The molecule has 1 heterocycles. The van der Waals surface area contributed by atoms with Crippen LogP contribution in [0.2, 0.25) is 0 Å². The molecule has 0 radical (unpaired) electrons. The number of nitrogens with zero attached hydrogens (tertiary/aromatic N) is 1. The van der Waals surface area contributed by atoms with Crippen molar-refractivity contribution in [1.29, 1.82) is 0 Å². The van der Waals surface area contributed by atoms with Gasteiger partial charge in [-0.25, -0.2) is 9.78 Å². The van der Waals surface area contributed by atoms with Crippen LogP contribution in [0.4, 0.5) is 4.79 Å². The van der Waals surface area contributed by atoms with Crippen molar-refractivity contribution in [2.45, 2.75) is 5.92 Å². The Morgan fingerprint density at radius 3 is 2.28 bits per heavy atom. The number of benzene rings is 2. The summed E-state index contributed by atoms with van der Waals surface area (Å²) in [4.78, 5) is 27.0. The van der Waals surface area contributed by atoms with Crippen molar-refractivity contribution in [3.63, 3.8) is 0 Å². The summed E-state index contributed by atoms with van der Waals surface area (Å²) in [6.45, 7) is 0.593. The fourth-order valence-electron chi connectivity index (χ4n) is 3.60. The van der Waals surface area contributed by atoms with Gasteiger partial charge in [0.1, 0.15) is 12.3 Å². The molecule has 1 aliphatic carbocycles. The highest BCUT2D eigenvalue weighted by atomic mass is 16.5. The first kappa shape index (κ1) is 18.6. The van der Waals surface area contributed by atoms with Gasteiger partial charge in [-0.15, -0.1) is 0 Å². The van der Waals surface area contributed by atoms with E-state index in [2.05, 4.69) is 34.6 Å². The number of nitrogens with one attached hydrogen (secondary N) is 1. The molecule has 3 aromatic rings. The summed E-state index contributed by atoms with van der Waals surface area (Å²) in [7, 11) is 0. The van der Waals surface area contributed by atoms with Gasteiger partial charge in [0, 0.05) is 12.5 Å². The molecule has 1 amide bonds. The second kappa shape index (κ2) is 8.52. The molecule has 1 N–H and O–H groups in total. The molecular weight excluding hydrogens is 364 g/mol. The van der Waals surface area contributed by atoms with Crippen LogP contribution in [-0.2, 0) is 4.74 Å². The van der Waals surface area contributed by atoms with Crippen LogP contribution in [-0.4, -0.2) is 30.5 Å². The number of ether oxygens (including phenoxy) is 1. The Hall–Kier alpha value is -3.73. The first-order valence-corrected chi connectivity index (χ1v) is 9.44. The number of pyridine rings is 1. The first-order chi connectivity index (χ1) is 14.3. The third-order valence-electron chi connectivity index (χ3n) is 4.91. The van der Waals surface area contributed by atoms with Gasteiger partial charge in [-0.3, -0.25) is 4.79 Å². The molecule has 0 aliphatic heterocycles. The summed E-state index contributed by atoms with van der Waals surface area (Å²) in [6, 6.07) is 21.6. The summed E-state index contributed by atoms with van der Waals surface area (Å²) in [5, 5.41) is 2.71. The average Bonchev–Trinajstić information content (AvgIpc) is 3.09. The number of amides is 1. The van der Waals surface area contributed by atoms with Crippen molar-refractivity contribution in [1.82, 2.24) is 10.3 Å². The van der Waals surface area contributed by atoms with Crippen LogP contribution >= 0.6 is 0 Å². The standard InChI is InChI=1S/C24H20N2O3/c27-15-18-8-5-7-17(26-18)9-6-14-25-24(28)29-16-23-21-12-3-1-10-19(21)20-11-2-4-13-22(20)23/h1-13,15,23H,14,16H2,(H,25,28). The van der Waals surface area contributed by atoms with Gasteiger partial charge in [0.25, 0.3) is 0 Å². The lowest BCUT2D eigenvalue weighted by Crippen LogP contribution is -2.26. The zero-order valence-electron chi connectivity index (χ0n) is 15.7. The molecule has 0 saturated carbocycles. The summed E-state index contributed by atoms with van der Waals surface area (Å²) in [5.41, 5.74) is 5.79. The molecule has 1 aromatic heterocycles. The number of rotatable bonds is 6. The third kappa shape index (κ3) is 4.09. The van der Waals surface area contributed by atoms with Crippen LogP contribution in [0, 0.1) is 0 Å². The van der Waals surface area contributed by atoms with Crippen molar-refractivity contribution < 1.29 is 14.3 Å². The molecule has 0 bridgehead atoms. The lowest BCUT2D eigenvalue weighted by Gasteiger charge is -2.14. The Kier molecular flexibility index (Phi) is 5.47. The van der Waals surface area contributed by atoms with E-state index in [1.165, 1.54) is 22.3 Å². The van der Waals surface area contributed by atoms with Crippen LogP contribution < -0.4 is 5.32 Å². The van der Waals surface area contributed by atoms with E-state index in [9.17, 15) is 9.59 Å². The van der Waals surface area contributed by atoms with Gasteiger partial charge in [0.15, 0.2) is 6.29 Å². The maximum absolute atomic E-state index is 12.1. The fraction of sp³-hybridized carbons (Fsp3) is 0.125. The number of aldehydes is 1. The zero-order chi connectivity index (χ0) is 20.1. The molecular formula is C24H20N2O3. The number of carbonyl (C=O) groups excluding carboxylic acids is 2. The highest BCUT2D eigenvalue weighted by Gasteiger charge is 2.28. The number of hydrogen-bond acceptors (Lipinski definition) is 4. The quantitative estimate of drug-likeness (QED) is 0.638. The van der Waals surface area contributed by atoms with Crippen LogP contribution in [0.3, 0.4) is 0 Å². The fourth-order valence-corrected chi connectivity index (χ4v) is 3.60. The molecule has 4 rings (SSSR count). The predicted molar refractivity (Wildman–Crippen MR) is 112 cm³/mol. The Morgan fingerprint density at radius 1 is 0.931 bits per heavy atom. The molecule has 29 heavy (non-hydrogen) atoms. The predicted octanol–water partition coefficient (Wildman–Crippen LogP) is 4.45. The molecule has 0 fully saturated rings. The normalized spacial score (nSPS) is 12.4. The van der Waals surface area contributed by atoms with Crippen molar-refractivity contribution in [3.8, 4) is 11.1 Å². The van der Waals surface area contributed by atoms with Crippen LogP contribution in [0.25, 0.3) is 17.2 Å². The van der Waals surface area contributed by atoms with Gasteiger partial charge in [0.2, 0.25) is 0 Å². The van der Waals surface area contributed by atoms with Gasteiger partial charge in [-0.1, -0.05) is 60.7 Å². The lowest BCUT2D eigenvalue weighted by molar-refractivity contribution is 0.111. The Morgan fingerprint density at radius 2 is 1.59 bits per heavy atom. The number of aromatic nitrogens is 1. The minimum atomic E-state index is -0.467. The Bertz CT molecular complexity index is 1030. The topological polar surface area (TPSA) is 68.3 Å². The maximum atomic E-state index is 12.1. The van der Waals surface area contributed by atoms with Gasteiger partial charge in [-0.2, -0.15) is 0 Å². The second-order valence-corrected chi connectivity index (χ2v) is 6.71. The molecule has 144 valence electrons. The summed E-state index contributed by atoms with van der Waals surface area (Å²) in [6.07, 6.45) is 3.74. The van der Waals surface area contributed by atoms with Gasteiger partial charge in [0.05, 0.1) is 5.69 Å². The summed E-state index contributed by atoms with van der Waals surface area (Å²) >= 11 is 0. The van der Waals surface area contributed by atoms with Crippen LogP contribution in [0.1, 0.15) is 33.2 Å². The number of alkyl carbamates (subject to hydrolysis) is 1. The number of hydrogen-bond donors (Lipinski definition) is 1. The maximum Gasteiger partial charge on any atom is 0.407 e. The van der Waals surface area contributed by atoms with E-state index >= 15 is 0 Å². The lowest BCUT2D eigenvalue weighted by atomic mass is 9.98.